The highest BCUT2D eigenvalue weighted by atomic mass is 32.2. The van der Waals surface area contributed by atoms with Crippen LogP contribution in [0.5, 0.6) is 11.5 Å². The van der Waals surface area contributed by atoms with Gasteiger partial charge in [-0.25, -0.2) is 8.42 Å². The zero-order valence-corrected chi connectivity index (χ0v) is 18.2. The number of carbonyl (C=O) groups is 1. The lowest BCUT2D eigenvalue weighted by atomic mass is 10.1. The quantitative estimate of drug-likeness (QED) is 0.414. The topological polar surface area (TPSA) is 137 Å². The van der Waals surface area contributed by atoms with Gasteiger partial charge in [-0.05, 0) is 37.3 Å². The number of para-hydroxylation sites is 1. The van der Waals surface area contributed by atoms with Gasteiger partial charge in [-0.1, -0.05) is 18.2 Å². The van der Waals surface area contributed by atoms with E-state index in [1.54, 1.807) is 30.3 Å². The molecule has 0 saturated heterocycles. The second-order valence-electron chi connectivity index (χ2n) is 7.17. The summed E-state index contributed by atoms with van der Waals surface area (Å²) in [5.74, 6) is 0.508. The molecule has 0 aromatic heterocycles. The summed E-state index contributed by atoms with van der Waals surface area (Å²) in [6.07, 6.45) is 0. The van der Waals surface area contributed by atoms with E-state index in [1.165, 1.54) is 31.2 Å². The van der Waals surface area contributed by atoms with Gasteiger partial charge in [-0.2, -0.15) is 0 Å². The van der Waals surface area contributed by atoms with Crippen LogP contribution < -0.4 is 19.5 Å². The molecule has 0 saturated carbocycles. The number of nitrogens with zero attached hydrogens (tertiary/aromatic N) is 1. The number of ether oxygens (including phenoxy) is 2. The van der Waals surface area contributed by atoms with Crippen LogP contribution in [0, 0.1) is 17.0 Å². The van der Waals surface area contributed by atoms with Crippen molar-refractivity contribution in [2.45, 2.75) is 11.8 Å². The maximum Gasteiger partial charge on any atom is 0.273 e. The third-order valence-corrected chi connectivity index (χ3v) is 6.27. The van der Waals surface area contributed by atoms with Crippen LogP contribution in [0.1, 0.15) is 15.9 Å². The van der Waals surface area contributed by atoms with Crippen molar-refractivity contribution < 1.29 is 27.6 Å². The van der Waals surface area contributed by atoms with Crippen LogP contribution in [0.3, 0.4) is 0 Å². The molecule has 0 spiro atoms. The molecule has 0 unspecified atom stereocenters. The minimum atomic E-state index is -4.20. The number of rotatable bonds is 6. The molecule has 0 radical (unpaired) electrons. The lowest BCUT2D eigenvalue weighted by Gasteiger charge is -2.19. The molecule has 170 valence electrons. The molecule has 1 aliphatic rings. The molecule has 2 N–H and O–H groups in total. The van der Waals surface area contributed by atoms with Crippen LogP contribution in [-0.2, 0) is 10.0 Å². The van der Waals surface area contributed by atoms with Gasteiger partial charge in [0.05, 0.1) is 21.1 Å². The molecule has 4 rings (SSSR count). The van der Waals surface area contributed by atoms with Crippen molar-refractivity contribution in [3.05, 3.63) is 81.9 Å². The van der Waals surface area contributed by atoms with Gasteiger partial charge in [0.1, 0.15) is 13.2 Å². The summed E-state index contributed by atoms with van der Waals surface area (Å²) >= 11 is 0. The molecule has 3 aromatic carbocycles. The minimum Gasteiger partial charge on any atom is -0.486 e. The highest BCUT2D eigenvalue weighted by molar-refractivity contribution is 7.92. The first kappa shape index (κ1) is 22.1. The Labute approximate surface area is 189 Å². The molecule has 33 heavy (non-hydrogen) atoms. The second kappa shape index (κ2) is 8.79. The Morgan fingerprint density at radius 3 is 2.48 bits per heavy atom. The van der Waals surface area contributed by atoms with Gasteiger partial charge in [0.15, 0.2) is 11.5 Å². The third kappa shape index (κ3) is 4.72. The highest BCUT2D eigenvalue weighted by Crippen LogP contribution is 2.33. The van der Waals surface area contributed by atoms with Gasteiger partial charge in [0.25, 0.3) is 21.6 Å². The number of benzene rings is 3. The Balaban J connectivity index is 1.59. The number of nitro groups is 1. The molecule has 0 atom stereocenters. The first-order chi connectivity index (χ1) is 15.7. The second-order valence-corrected chi connectivity index (χ2v) is 8.85. The monoisotopic (exact) mass is 469 g/mol. The molecule has 0 fully saturated rings. The number of hydrogen-bond acceptors (Lipinski definition) is 7. The van der Waals surface area contributed by atoms with E-state index in [0.29, 0.717) is 36.0 Å². The molecule has 11 heteroatoms. The maximum atomic E-state index is 12.9. The van der Waals surface area contributed by atoms with Crippen molar-refractivity contribution in [3.63, 3.8) is 0 Å². The highest BCUT2D eigenvalue weighted by Gasteiger charge is 2.22. The maximum absolute atomic E-state index is 12.9. The number of fused-ring (bicyclic) bond motifs is 1. The van der Waals surface area contributed by atoms with E-state index < -0.39 is 20.9 Å². The Morgan fingerprint density at radius 2 is 1.73 bits per heavy atom. The van der Waals surface area contributed by atoms with Crippen molar-refractivity contribution in [1.82, 2.24) is 0 Å². The predicted molar refractivity (Wildman–Crippen MR) is 120 cm³/mol. The molecule has 0 aliphatic carbocycles. The number of carbonyl (C=O) groups excluding carboxylic acids is 1. The van der Waals surface area contributed by atoms with Crippen LogP contribution in [0.15, 0.2) is 65.6 Å². The summed E-state index contributed by atoms with van der Waals surface area (Å²) in [6.45, 7) is 2.35. The Bertz CT molecular complexity index is 1360. The molecular weight excluding hydrogens is 450 g/mol. The van der Waals surface area contributed by atoms with E-state index in [4.69, 9.17) is 9.47 Å². The van der Waals surface area contributed by atoms with Gasteiger partial charge >= 0.3 is 0 Å². The summed E-state index contributed by atoms with van der Waals surface area (Å²) in [5, 5.41) is 13.9. The average molecular weight is 469 g/mol. The fraction of sp³-hybridized carbons (Fsp3) is 0.136. The van der Waals surface area contributed by atoms with E-state index in [2.05, 4.69) is 10.0 Å². The van der Waals surface area contributed by atoms with Crippen molar-refractivity contribution >= 4 is 33.0 Å². The van der Waals surface area contributed by atoms with Gasteiger partial charge in [-0.3, -0.25) is 19.6 Å². The molecule has 1 amide bonds. The summed E-state index contributed by atoms with van der Waals surface area (Å²) < 4.78 is 39.1. The summed E-state index contributed by atoms with van der Waals surface area (Å²) in [6, 6.07) is 14.6. The zero-order chi connectivity index (χ0) is 23.6. The number of nitro benzene ring substituents is 1. The van der Waals surface area contributed by atoms with E-state index in [9.17, 15) is 23.3 Å². The minimum absolute atomic E-state index is 0.0239. The van der Waals surface area contributed by atoms with Gasteiger partial charge in [0, 0.05) is 23.4 Å². The number of amides is 1. The van der Waals surface area contributed by atoms with Crippen LogP contribution in [0.4, 0.5) is 17.1 Å². The summed E-state index contributed by atoms with van der Waals surface area (Å²) in [5.41, 5.74) is 0.546. The fourth-order valence-corrected chi connectivity index (χ4v) is 4.35. The van der Waals surface area contributed by atoms with Crippen molar-refractivity contribution in [2.24, 2.45) is 0 Å². The normalized spacial score (nSPS) is 12.6. The number of aryl methyl sites for hydroxylation is 1. The summed E-state index contributed by atoms with van der Waals surface area (Å²) in [7, 11) is -4.20. The van der Waals surface area contributed by atoms with E-state index >= 15 is 0 Å². The Hall–Kier alpha value is -4.12. The first-order valence-corrected chi connectivity index (χ1v) is 11.3. The molecular formula is C22H19N3O7S. The molecule has 10 nitrogen and oxygen atoms in total. The molecule has 0 bridgehead atoms. The van der Waals surface area contributed by atoms with Crippen LogP contribution in [-0.4, -0.2) is 32.5 Å². The fourth-order valence-electron chi connectivity index (χ4n) is 3.25. The third-order valence-electron chi connectivity index (χ3n) is 4.90. The molecule has 1 heterocycles. The lowest BCUT2D eigenvalue weighted by molar-refractivity contribution is -0.385. The zero-order valence-electron chi connectivity index (χ0n) is 17.4. The van der Waals surface area contributed by atoms with E-state index in [-0.39, 0.29) is 21.8 Å². The van der Waals surface area contributed by atoms with Crippen molar-refractivity contribution in [1.29, 1.82) is 0 Å². The predicted octanol–water partition coefficient (Wildman–Crippen LogP) is 3.73. The standard InChI is InChI=1S/C22H19N3O7S/c1-14-6-8-16(13-19(14)25(27)28)33(29,30)24-18-5-3-2-4-17(18)22(26)23-15-7-9-20-21(12-15)32-11-10-31-20/h2-9,12-13,24H,10-11H2,1H3,(H,23,26). The van der Waals surface area contributed by atoms with Gasteiger partial charge in [0.2, 0.25) is 0 Å². The van der Waals surface area contributed by atoms with Gasteiger partial charge in [-0.15, -0.1) is 0 Å². The van der Waals surface area contributed by atoms with Crippen LogP contribution in [0.2, 0.25) is 0 Å². The number of sulfonamides is 1. The molecule has 1 aliphatic heterocycles. The smallest absolute Gasteiger partial charge is 0.273 e. The Kier molecular flexibility index (Phi) is 5.88. The van der Waals surface area contributed by atoms with Crippen molar-refractivity contribution in [2.75, 3.05) is 23.3 Å². The van der Waals surface area contributed by atoms with Gasteiger partial charge < -0.3 is 14.8 Å². The SMILES string of the molecule is Cc1ccc(S(=O)(=O)Nc2ccccc2C(=O)Nc2ccc3c(c2)OCCO3)cc1[N+](=O)[O-]. The largest absolute Gasteiger partial charge is 0.486 e. The number of anilines is 2. The van der Waals surface area contributed by atoms with Crippen LogP contribution >= 0.6 is 0 Å². The van der Waals surface area contributed by atoms with Crippen LogP contribution in [0.25, 0.3) is 0 Å². The summed E-state index contributed by atoms with van der Waals surface area (Å²) in [4.78, 5) is 23.2. The first-order valence-electron chi connectivity index (χ1n) is 9.82. The van der Waals surface area contributed by atoms with E-state index in [0.717, 1.165) is 6.07 Å². The van der Waals surface area contributed by atoms with Crippen molar-refractivity contribution in [3.8, 4) is 11.5 Å². The lowest BCUT2D eigenvalue weighted by Crippen LogP contribution is -2.19. The number of hydrogen-bond donors (Lipinski definition) is 2. The van der Waals surface area contributed by atoms with E-state index in [1.807, 2.05) is 0 Å². The average Bonchev–Trinajstić information content (AvgIpc) is 2.79. The number of nitrogens with one attached hydrogen (secondary N) is 2. The Morgan fingerprint density at radius 1 is 1.00 bits per heavy atom. The molecule has 3 aromatic rings.